The molecule has 0 unspecified atom stereocenters. The van der Waals surface area contributed by atoms with Crippen molar-refractivity contribution in [2.75, 3.05) is 4.72 Å². The number of halogens is 1. The fraction of sp³-hybridized carbons (Fsp3) is 0.214. The van der Waals surface area contributed by atoms with Gasteiger partial charge in [0.2, 0.25) is 0 Å². The van der Waals surface area contributed by atoms with Gasteiger partial charge in [-0.25, -0.2) is 13.4 Å². The lowest BCUT2D eigenvalue weighted by Gasteiger charge is -2.15. The summed E-state index contributed by atoms with van der Waals surface area (Å²) >= 11 is 5.85. The summed E-state index contributed by atoms with van der Waals surface area (Å²) in [5.74, 6) is 0.207. The van der Waals surface area contributed by atoms with Gasteiger partial charge in [0.15, 0.2) is 0 Å². The Morgan fingerprint density at radius 2 is 1.85 bits per heavy atom. The SMILES string of the molecule is CC(C)c1ccccc1NS(=O)(=O)c1cccnc1Cl. The molecule has 6 heteroatoms. The number of pyridine rings is 1. The molecule has 0 saturated carbocycles. The van der Waals surface area contributed by atoms with Crippen LogP contribution in [0.25, 0.3) is 0 Å². The molecule has 0 bridgehead atoms. The van der Waals surface area contributed by atoms with E-state index in [0.717, 1.165) is 5.56 Å². The van der Waals surface area contributed by atoms with Crippen molar-refractivity contribution in [3.63, 3.8) is 0 Å². The van der Waals surface area contributed by atoms with Crippen LogP contribution < -0.4 is 4.72 Å². The van der Waals surface area contributed by atoms with E-state index in [0.29, 0.717) is 5.69 Å². The number of nitrogens with one attached hydrogen (secondary N) is 1. The van der Waals surface area contributed by atoms with E-state index in [1.54, 1.807) is 12.1 Å². The van der Waals surface area contributed by atoms with Crippen molar-refractivity contribution in [1.29, 1.82) is 0 Å². The Morgan fingerprint density at radius 1 is 1.15 bits per heavy atom. The van der Waals surface area contributed by atoms with E-state index in [9.17, 15) is 8.42 Å². The van der Waals surface area contributed by atoms with Gasteiger partial charge in [-0.15, -0.1) is 0 Å². The maximum atomic E-state index is 12.4. The summed E-state index contributed by atoms with van der Waals surface area (Å²) in [6.45, 7) is 4.01. The van der Waals surface area contributed by atoms with E-state index < -0.39 is 10.0 Å². The van der Waals surface area contributed by atoms with Gasteiger partial charge in [0.25, 0.3) is 10.0 Å². The summed E-state index contributed by atoms with van der Waals surface area (Å²) in [6.07, 6.45) is 1.45. The second-order valence-electron chi connectivity index (χ2n) is 4.64. The van der Waals surface area contributed by atoms with Gasteiger partial charge in [0.05, 0.1) is 5.69 Å². The van der Waals surface area contributed by atoms with Crippen molar-refractivity contribution >= 4 is 27.3 Å². The summed E-state index contributed by atoms with van der Waals surface area (Å²) in [5.41, 5.74) is 1.48. The number of benzene rings is 1. The summed E-state index contributed by atoms with van der Waals surface area (Å²) in [6, 6.07) is 10.3. The van der Waals surface area contributed by atoms with E-state index in [4.69, 9.17) is 11.6 Å². The van der Waals surface area contributed by atoms with Crippen LogP contribution in [-0.4, -0.2) is 13.4 Å². The normalized spacial score (nSPS) is 11.6. The highest BCUT2D eigenvalue weighted by atomic mass is 35.5. The molecule has 0 radical (unpaired) electrons. The minimum absolute atomic E-state index is 0.0276. The van der Waals surface area contributed by atoms with Crippen molar-refractivity contribution in [2.24, 2.45) is 0 Å². The minimum atomic E-state index is -3.74. The molecule has 4 nitrogen and oxygen atoms in total. The van der Waals surface area contributed by atoms with Gasteiger partial charge in [-0.2, -0.15) is 0 Å². The van der Waals surface area contributed by atoms with Crippen LogP contribution in [0.15, 0.2) is 47.5 Å². The lowest BCUT2D eigenvalue weighted by molar-refractivity contribution is 0.601. The Hall–Kier alpha value is -1.59. The zero-order chi connectivity index (χ0) is 14.8. The maximum Gasteiger partial charge on any atom is 0.264 e. The van der Waals surface area contributed by atoms with Crippen LogP contribution >= 0.6 is 11.6 Å². The van der Waals surface area contributed by atoms with Crippen molar-refractivity contribution in [2.45, 2.75) is 24.7 Å². The largest absolute Gasteiger partial charge is 0.279 e. The van der Waals surface area contributed by atoms with Crippen LogP contribution in [0.2, 0.25) is 5.15 Å². The molecule has 0 aliphatic carbocycles. The predicted molar refractivity (Wildman–Crippen MR) is 80.6 cm³/mol. The monoisotopic (exact) mass is 310 g/mol. The predicted octanol–water partition coefficient (Wildman–Crippen LogP) is 3.66. The van der Waals surface area contributed by atoms with Crippen LogP contribution in [0.1, 0.15) is 25.3 Å². The third-order valence-corrected chi connectivity index (χ3v) is 4.65. The van der Waals surface area contributed by atoms with Gasteiger partial charge in [0.1, 0.15) is 10.0 Å². The molecule has 0 spiro atoms. The number of sulfonamides is 1. The smallest absolute Gasteiger partial charge is 0.264 e. The highest BCUT2D eigenvalue weighted by Gasteiger charge is 2.20. The molecule has 1 aromatic carbocycles. The Balaban J connectivity index is 2.42. The van der Waals surface area contributed by atoms with Crippen LogP contribution in [0.3, 0.4) is 0 Å². The first-order valence-corrected chi connectivity index (χ1v) is 8.00. The molecule has 0 atom stereocenters. The highest BCUT2D eigenvalue weighted by Crippen LogP contribution is 2.27. The average molecular weight is 311 g/mol. The van der Waals surface area contributed by atoms with E-state index in [1.807, 2.05) is 26.0 Å². The maximum absolute atomic E-state index is 12.4. The van der Waals surface area contributed by atoms with Crippen LogP contribution in [0.5, 0.6) is 0 Å². The number of hydrogen-bond donors (Lipinski definition) is 1. The quantitative estimate of drug-likeness (QED) is 0.877. The number of nitrogens with zero attached hydrogens (tertiary/aromatic N) is 1. The molecule has 2 aromatic rings. The molecular weight excluding hydrogens is 296 g/mol. The van der Waals surface area contributed by atoms with Gasteiger partial charge < -0.3 is 0 Å². The molecule has 20 heavy (non-hydrogen) atoms. The molecular formula is C14H15ClN2O2S. The molecule has 106 valence electrons. The third kappa shape index (κ3) is 3.11. The molecule has 0 aliphatic rings. The van der Waals surface area contributed by atoms with Gasteiger partial charge >= 0.3 is 0 Å². The van der Waals surface area contributed by atoms with Crippen molar-refractivity contribution in [3.05, 3.63) is 53.3 Å². The Kier molecular flexibility index (Phi) is 4.30. The summed E-state index contributed by atoms with van der Waals surface area (Å²) in [7, 11) is -3.74. The first-order chi connectivity index (χ1) is 9.42. The van der Waals surface area contributed by atoms with Crippen molar-refractivity contribution < 1.29 is 8.42 Å². The first-order valence-electron chi connectivity index (χ1n) is 6.14. The minimum Gasteiger partial charge on any atom is -0.279 e. The summed E-state index contributed by atoms with van der Waals surface area (Å²) < 4.78 is 27.3. The fourth-order valence-electron chi connectivity index (χ4n) is 1.86. The van der Waals surface area contributed by atoms with Crippen molar-refractivity contribution in [3.8, 4) is 0 Å². The number of hydrogen-bond acceptors (Lipinski definition) is 3. The lowest BCUT2D eigenvalue weighted by Crippen LogP contribution is -2.15. The second kappa shape index (κ2) is 5.81. The zero-order valence-electron chi connectivity index (χ0n) is 11.2. The number of anilines is 1. The van der Waals surface area contributed by atoms with E-state index in [2.05, 4.69) is 9.71 Å². The Morgan fingerprint density at radius 3 is 2.50 bits per heavy atom. The number of para-hydroxylation sites is 1. The Labute approximate surface area is 123 Å². The topological polar surface area (TPSA) is 59.1 Å². The first kappa shape index (κ1) is 14.8. The van der Waals surface area contributed by atoms with Crippen LogP contribution in [0.4, 0.5) is 5.69 Å². The summed E-state index contributed by atoms with van der Waals surface area (Å²) in [5, 5.41) is -0.0398. The third-order valence-electron chi connectivity index (χ3n) is 2.84. The van der Waals surface area contributed by atoms with E-state index in [-0.39, 0.29) is 16.0 Å². The molecule has 0 fully saturated rings. The number of rotatable bonds is 4. The lowest BCUT2D eigenvalue weighted by atomic mass is 10.0. The van der Waals surface area contributed by atoms with Crippen LogP contribution in [-0.2, 0) is 10.0 Å². The average Bonchev–Trinajstić information content (AvgIpc) is 2.39. The molecule has 0 saturated heterocycles. The Bertz CT molecular complexity index is 715. The molecule has 0 aliphatic heterocycles. The fourth-order valence-corrected chi connectivity index (χ4v) is 3.41. The molecule has 2 rings (SSSR count). The van der Waals surface area contributed by atoms with Gasteiger partial charge in [-0.3, -0.25) is 4.72 Å². The van der Waals surface area contributed by atoms with Gasteiger partial charge in [-0.05, 0) is 29.7 Å². The molecule has 0 amide bonds. The van der Waals surface area contributed by atoms with Crippen LogP contribution in [0, 0.1) is 0 Å². The second-order valence-corrected chi connectivity index (χ2v) is 6.65. The highest BCUT2D eigenvalue weighted by molar-refractivity contribution is 7.92. The number of aromatic nitrogens is 1. The summed E-state index contributed by atoms with van der Waals surface area (Å²) in [4.78, 5) is 3.76. The van der Waals surface area contributed by atoms with Gasteiger partial charge in [-0.1, -0.05) is 43.6 Å². The molecule has 1 N–H and O–H groups in total. The van der Waals surface area contributed by atoms with E-state index >= 15 is 0 Å². The molecule has 1 heterocycles. The van der Waals surface area contributed by atoms with Gasteiger partial charge in [0, 0.05) is 6.20 Å². The standard InChI is InChI=1S/C14H15ClN2O2S/c1-10(2)11-6-3-4-7-12(11)17-20(18,19)13-8-5-9-16-14(13)15/h3-10,17H,1-2H3. The molecule has 1 aromatic heterocycles. The van der Waals surface area contributed by atoms with Crippen molar-refractivity contribution in [1.82, 2.24) is 4.98 Å². The van der Waals surface area contributed by atoms with E-state index in [1.165, 1.54) is 18.3 Å². The zero-order valence-corrected chi connectivity index (χ0v) is 12.7.